The molecule has 7 heteroatoms. The number of aryl methyl sites for hydroxylation is 1. The average Bonchev–Trinajstić information content (AvgIpc) is 3.54. The van der Waals surface area contributed by atoms with Gasteiger partial charge in [-0.2, -0.15) is 0 Å². The van der Waals surface area contributed by atoms with Crippen molar-refractivity contribution in [2.24, 2.45) is 5.92 Å². The number of likely N-dealkylation sites (tertiary alicyclic amines) is 1. The van der Waals surface area contributed by atoms with Crippen LogP contribution in [0, 0.1) is 12.8 Å². The molecule has 2 atom stereocenters. The highest BCUT2D eigenvalue weighted by Gasteiger charge is 2.41. The van der Waals surface area contributed by atoms with E-state index in [1.165, 1.54) is 0 Å². The molecule has 2 heterocycles. The highest BCUT2D eigenvalue weighted by atomic mass is 16.7. The van der Waals surface area contributed by atoms with Crippen molar-refractivity contribution in [3.8, 4) is 17.2 Å². The van der Waals surface area contributed by atoms with Gasteiger partial charge in [0.1, 0.15) is 5.75 Å². The zero-order chi connectivity index (χ0) is 24.4. The van der Waals surface area contributed by atoms with E-state index in [4.69, 9.17) is 14.2 Å². The van der Waals surface area contributed by atoms with Gasteiger partial charge in [-0.1, -0.05) is 42.5 Å². The van der Waals surface area contributed by atoms with Gasteiger partial charge in [-0.25, -0.2) is 0 Å². The second-order valence-corrected chi connectivity index (χ2v) is 8.89. The van der Waals surface area contributed by atoms with Gasteiger partial charge in [0, 0.05) is 31.1 Å². The number of para-hydroxylation sites is 1. The molecular formula is C28H28N2O5. The predicted octanol–water partition coefficient (Wildman–Crippen LogP) is 3.90. The van der Waals surface area contributed by atoms with Crippen LogP contribution in [0.1, 0.15) is 33.0 Å². The highest BCUT2D eigenvalue weighted by Crippen LogP contribution is 2.38. The third-order valence-corrected chi connectivity index (χ3v) is 6.76. The fourth-order valence-electron chi connectivity index (χ4n) is 4.88. The summed E-state index contributed by atoms with van der Waals surface area (Å²) in [6.45, 7) is 3.27. The Morgan fingerprint density at radius 1 is 1.00 bits per heavy atom. The van der Waals surface area contributed by atoms with Crippen LogP contribution in [0.25, 0.3) is 0 Å². The molecule has 2 amide bonds. The fourth-order valence-corrected chi connectivity index (χ4v) is 4.88. The van der Waals surface area contributed by atoms with Crippen LogP contribution >= 0.6 is 0 Å². The Kier molecular flexibility index (Phi) is 6.31. The lowest BCUT2D eigenvalue weighted by molar-refractivity contribution is -0.125. The topological polar surface area (TPSA) is 77.1 Å². The summed E-state index contributed by atoms with van der Waals surface area (Å²) in [5, 5.41) is 3.07. The van der Waals surface area contributed by atoms with E-state index in [-0.39, 0.29) is 24.5 Å². The van der Waals surface area contributed by atoms with Crippen molar-refractivity contribution in [1.82, 2.24) is 10.2 Å². The zero-order valence-electron chi connectivity index (χ0n) is 19.8. The van der Waals surface area contributed by atoms with E-state index in [9.17, 15) is 9.59 Å². The van der Waals surface area contributed by atoms with Crippen LogP contribution < -0.4 is 19.5 Å². The number of hydrogen-bond acceptors (Lipinski definition) is 5. The van der Waals surface area contributed by atoms with Gasteiger partial charge in [-0.05, 0) is 47.9 Å². The minimum atomic E-state index is -0.409. The van der Waals surface area contributed by atoms with Gasteiger partial charge < -0.3 is 24.4 Å². The molecule has 3 aromatic rings. The number of carbonyl (C=O) groups is 2. The number of rotatable bonds is 6. The van der Waals surface area contributed by atoms with E-state index in [1.54, 1.807) is 12.0 Å². The predicted molar refractivity (Wildman–Crippen MR) is 131 cm³/mol. The normalized spacial score (nSPS) is 18.4. The Hall–Kier alpha value is -4.00. The quantitative estimate of drug-likeness (QED) is 0.589. The van der Waals surface area contributed by atoms with Crippen LogP contribution in [0.2, 0.25) is 0 Å². The van der Waals surface area contributed by atoms with Crippen molar-refractivity contribution in [2.45, 2.75) is 19.4 Å². The van der Waals surface area contributed by atoms with Gasteiger partial charge in [0.2, 0.25) is 12.7 Å². The summed E-state index contributed by atoms with van der Waals surface area (Å²) in [6, 6.07) is 20.9. The molecular weight excluding hydrogens is 444 g/mol. The fraction of sp³-hybridized carbons (Fsp3) is 0.286. The molecule has 2 aliphatic rings. The Morgan fingerprint density at radius 3 is 2.60 bits per heavy atom. The molecule has 1 fully saturated rings. The molecule has 35 heavy (non-hydrogen) atoms. The maximum Gasteiger partial charge on any atom is 0.254 e. The van der Waals surface area contributed by atoms with E-state index in [0.717, 1.165) is 22.4 Å². The minimum absolute atomic E-state index is 0.0610. The molecule has 0 bridgehead atoms. The lowest BCUT2D eigenvalue weighted by Crippen LogP contribution is -2.35. The van der Waals surface area contributed by atoms with Gasteiger partial charge >= 0.3 is 0 Å². The summed E-state index contributed by atoms with van der Waals surface area (Å²) in [5.41, 5.74) is 3.43. The van der Waals surface area contributed by atoms with E-state index in [2.05, 4.69) is 5.32 Å². The van der Waals surface area contributed by atoms with Crippen molar-refractivity contribution in [2.75, 3.05) is 27.0 Å². The van der Waals surface area contributed by atoms with Gasteiger partial charge in [0.25, 0.3) is 5.91 Å². The van der Waals surface area contributed by atoms with Crippen molar-refractivity contribution in [3.63, 3.8) is 0 Å². The number of benzene rings is 3. The third kappa shape index (κ3) is 4.54. The molecule has 7 nitrogen and oxygen atoms in total. The van der Waals surface area contributed by atoms with Crippen LogP contribution in [-0.4, -0.2) is 43.7 Å². The summed E-state index contributed by atoms with van der Waals surface area (Å²) in [5.74, 6) is 1.35. The van der Waals surface area contributed by atoms with E-state index in [0.29, 0.717) is 36.7 Å². The lowest BCUT2D eigenvalue weighted by atomic mass is 9.87. The Bertz CT molecular complexity index is 1260. The average molecular weight is 473 g/mol. The second kappa shape index (κ2) is 9.70. The summed E-state index contributed by atoms with van der Waals surface area (Å²) in [6.07, 6.45) is 0. The van der Waals surface area contributed by atoms with E-state index < -0.39 is 5.92 Å². The number of carbonyl (C=O) groups excluding carboxylic acids is 2. The van der Waals surface area contributed by atoms with Gasteiger partial charge in [-0.15, -0.1) is 0 Å². The molecule has 3 aromatic carbocycles. The standard InChI is InChI=1S/C28H28N2O5/c1-18-7-3-4-8-20(18)28(32)30-15-22(21-9-5-6-10-24(21)33-2)23(16-30)27(31)29-14-19-11-12-25-26(13-19)35-17-34-25/h3-13,22-23H,14-17H2,1-2H3,(H,29,31)/t22-,23-/m1/s1. The van der Waals surface area contributed by atoms with Crippen LogP contribution in [-0.2, 0) is 11.3 Å². The summed E-state index contributed by atoms with van der Waals surface area (Å²) < 4.78 is 16.4. The molecule has 0 saturated carbocycles. The van der Waals surface area contributed by atoms with Crippen molar-refractivity contribution >= 4 is 11.8 Å². The van der Waals surface area contributed by atoms with Crippen LogP contribution in [0.15, 0.2) is 66.7 Å². The first kappa shape index (κ1) is 22.8. The molecule has 0 spiro atoms. The van der Waals surface area contributed by atoms with Crippen LogP contribution in [0.4, 0.5) is 0 Å². The molecule has 0 radical (unpaired) electrons. The number of nitrogens with one attached hydrogen (secondary N) is 1. The number of methoxy groups -OCH3 is 1. The van der Waals surface area contributed by atoms with Crippen molar-refractivity contribution in [3.05, 3.63) is 89.0 Å². The molecule has 2 aliphatic heterocycles. The largest absolute Gasteiger partial charge is 0.496 e. The van der Waals surface area contributed by atoms with E-state index in [1.807, 2.05) is 73.7 Å². The molecule has 0 aliphatic carbocycles. The summed E-state index contributed by atoms with van der Waals surface area (Å²) in [7, 11) is 1.62. The summed E-state index contributed by atoms with van der Waals surface area (Å²) in [4.78, 5) is 28.6. The molecule has 0 aromatic heterocycles. The minimum Gasteiger partial charge on any atom is -0.496 e. The number of ether oxygens (including phenoxy) is 3. The SMILES string of the molecule is COc1ccccc1[C@H]1CN(C(=O)c2ccccc2C)C[C@H]1C(=O)NCc1ccc2c(c1)OCO2. The smallest absolute Gasteiger partial charge is 0.254 e. The highest BCUT2D eigenvalue weighted by molar-refractivity contribution is 5.96. The first-order chi connectivity index (χ1) is 17.0. The number of amides is 2. The van der Waals surface area contributed by atoms with Crippen LogP contribution in [0.3, 0.4) is 0 Å². The molecule has 1 saturated heterocycles. The number of fused-ring (bicyclic) bond motifs is 1. The van der Waals surface area contributed by atoms with Crippen molar-refractivity contribution in [1.29, 1.82) is 0 Å². The summed E-state index contributed by atoms with van der Waals surface area (Å²) >= 11 is 0. The Balaban J connectivity index is 1.38. The van der Waals surface area contributed by atoms with Crippen molar-refractivity contribution < 1.29 is 23.8 Å². The third-order valence-electron chi connectivity index (χ3n) is 6.76. The molecule has 1 N–H and O–H groups in total. The first-order valence-corrected chi connectivity index (χ1v) is 11.7. The maximum atomic E-state index is 13.5. The molecule has 0 unspecified atom stereocenters. The maximum absolute atomic E-state index is 13.5. The molecule has 180 valence electrons. The zero-order valence-corrected chi connectivity index (χ0v) is 19.8. The lowest BCUT2D eigenvalue weighted by Gasteiger charge is -2.20. The van der Waals surface area contributed by atoms with E-state index >= 15 is 0 Å². The van der Waals surface area contributed by atoms with Crippen LogP contribution in [0.5, 0.6) is 17.2 Å². The first-order valence-electron chi connectivity index (χ1n) is 11.7. The number of hydrogen-bond donors (Lipinski definition) is 1. The molecule has 5 rings (SSSR count). The Morgan fingerprint density at radius 2 is 1.77 bits per heavy atom. The number of nitrogens with zero attached hydrogens (tertiary/aromatic N) is 1. The van der Waals surface area contributed by atoms with Gasteiger partial charge in [0.05, 0.1) is 13.0 Å². The monoisotopic (exact) mass is 472 g/mol. The van der Waals surface area contributed by atoms with Gasteiger partial charge in [-0.3, -0.25) is 9.59 Å². The Labute approximate surface area is 204 Å². The van der Waals surface area contributed by atoms with Gasteiger partial charge in [0.15, 0.2) is 11.5 Å². The second-order valence-electron chi connectivity index (χ2n) is 8.89.